The largest absolute Gasteiger partial charge is 0.508 e. The maximum absolute atomic E-state index is 13.1. The topological polar surface area (TPSA) is 52.6 Å². The highest BCUT2D eigenvalue weighted by molar-refractivity contribution is 5.73. The van der Waals surface area contributed by atoms with E-state index >= 15 is 0 Å². The van der Waals surface area contributed by atoms with Crippen LogP contribution in [0.4, 0.5) is 4.39 Å². The molecule has 1 aromatic carbocycles. The number of likely N-dealkylation sites (tertiary alicyclic amines) is 1. The lowest BCUT2D eigenvalue weighted by Crippen LogP contribution is -2.35. The van der Waals surface area contributed by atoms with Crippen LogP contribution in [0.15, 0.2) is 18.2 Å². The van der Waals surface area contributed by atoms with Crippen LogP contribution in [0, 0.1) is 5.82 Å². The van der Waals surface area contributed by atoms with E-state index in [-0.39, 0.29) is 23.5 Å². The van der Waals surface area contributed by atoms with Crippen LogP contribution in [0.5, 0.6) is 5.75 Å². The van der Waals surface area contributed by atoms with Crippen LogP contribution < -0.4 is 5.32 Å². The van der Waals surface area contributed by atoms with Crippen LogP contribution in [0.2, 0.25) is 0 Å². The van der Waals surface area contributed by atoms with Crippen molar-refractivity contribution < 1.29 is 14.3 Å². The molecule has 2 rings (SSSR count). The van der Waals surface area contributed by atoms with Crippen molar-refractivity contribution >= 4 is 5.91 Å². The standard InChI is InChI=1S/C13H17FN2O2/c1-9(17)15-12-4-5-16(8-12)7-10-6-11(14)2-3-13(10)18/h2-3,6,12,18H,4-5,7-8H2,1H3,(H,15,17). The number of carbonyl (C=O) groups is 1. The van der Waals surface area contributed by atoms with Crippen molar-refractivity contribution in [3.63, 3.8) is 0 Å². The lowest BCUT2D eigenvalue weighted by molar-refractivity contribution is -0.119. The molecule has 5 heteroatoms. The molecule has 0 aromatic heterocycles. The van der Waals surface area contributed by atoms with E-state index in [0.717, 1.165) is 19.5 Å². The fourth-order valence-electron chi connectivity index (χ4n) is 2.30. The highest BCUT2D eigenvalue weighted by Gasteiger charge is 2.23. The SMILES string of the molecule is CC(=O)NC1CCN(Cc2cc(F)ccc2O)C1. The van der Waals surface area contributed by atoms with Crippen molar-refractivity contribution in [1.29, 1.82) is 0 Å². The Kier molecular flexibility index (Phi) is 3.81. The Labute approximate surface area is 105 Å². The van der Waals surface area contributed by atoms with Gasteiger partial charge in [-0.15, -0.1) is 0 Å². The average Bonchev–Trinajstić information content (AvgIpc) is 2.70. The van der Waals surface area contributed by atoms with Gasteiger partial charge in [-0.2, -0.15) is 0 Å². The van der Waals surface area contributed by atoms with Gasteiger partial charge in [0.1, 0.15) is 11.6 Å². The van der Waals surface area contributed by atoms with Gasteiger partial charge in [0.15, 0.2) is 0 Å². The van der Waals surface area contributed by atoms with E-state index < -0.39 is 0 Å². The maximum Gasteiger partial charge on any atom is 0.217 e. The van der Waals surface area contributed by atoms with Crippen molar-refractivity contribution in [2.24, 2.45) is 0 Å². The first-order chi connectivity index (χ1) is 8.54. The van der Waals surface area contributed by atoms with Gasteiger partial charge in [-0.05, 0) is 24.6 Å². The van der Waals surface area contributed by atoms with Gasteiger partial charge in [-0.3, -0.25) is 9.69 Å². The van der Waals surface area contributed by atoms with Crippen LogP contribution in [-0.4, -0.2) is 35.0 Å². The molecule has 98 valence electrons. The van der Waals surface area contributed by atoms with Crippen LogP contribution in [0.25, 0.3) is 0 Å². The summed E-state index contributed by atoms with van der Waals surface area (Å²) in [4.78, 5) is 13.0. The molecule has 2 N–H and O–H groups in total. The van der Waals surface area contributed by atoms with E-state index in [9.17, 15) is 14.3 Å². The molecular formula is C13H17FN2O2. The van der Waals surface area contributed by atoms with Gasteiger partial charge < -0.3 is 10.4 Å². The van der Waals surface area contributed by atoms with Gasteiger partial charge in [-0.1, -0.05) is 0 Å². The van der Waals surface area contributed by atoms with Crippen molar-refractivity contribution in [1.82, 2.24) is 10.2 Å². The summed E-state index contributed by atoms with van der Waals surface area (Å²) in [7, 11) is 0. The lowest BCUT2D eigenvalue weighted by atomic mass is 10.2. The molecule has 1 aliphatic heterocycles. The summed E-state index contributed by atoms with van der Waals surface area (Å²) in [5.74, 6) is -0.268. The predicted molar refractivity (Wildman–Crippen MR) is 65.6 cm³/mol. The molecule has 1 amide bonds. The van der Waals surface area contributed by atoms with Crippen molar-refractivity contribution in [3.05, 3.63) is 29.6 Å². The van der Waals surface area contributed by atoms with Crippen molar-refractivity contribution in [2.75, 3.05) is 13.1 Å². The van der Waals surface area contributed by atoms with E-state index in [1.165, 1.54) is 25.1 Å². The van der Waals surface area contributed by atoms with Crippen LogP contribution in [0.1, 0.15) is 18.9 Å². The molecule has 0 aliphatic carbocycles. The molecule has 1 unspecified atom stereocenters. The molecule has 0 radical (unpaired) electrons. The third kappa shape index (κ3) is 3.20. The molecule has 1 heterocycles. The van der Waals surface area contributed by atoms with Crippen LogP contribution >= 0.6 is 0 Å². The zero-order valence-corrected chi connectivity index (χ0v) is 10.3. The molecule has 1 aliphatic rings. The van der Waals surface area contributed by atoms with E-state index in [1.54, 1.807) is 0 Å². The summed E-state index contributed by atoms with van der Waals surface area (Å²) < 4.78 is 13.1. The first-order valence-corrected chi connectivity index (χ1v) is 6.01. The number of hydrogen-bond donors (Lipinski definition) is 2. The zero-order chi connectivity index (χ0) is 13.1. The summed E-state index contributed by atoms with van der Waals surface area (Å²) in [5, 5.41) is 12.5. The highest BCUT2D eigenvalue weighted by Crippen LogP contribution is 2.21. The third-order valence-electron chi connectivity index (χ3n) is 3.12. The number of nitrogens with zero attached hydrogens (tertiary/aromatic N) is 1. The first kappa shape index (κ1) is 12.8. The van der Waals surface area contributed by atoms with E-state index in [0.29, 0.717) is 12.1 Å². The normalized spacial score (nSPS) is 20.0. The van der Waals surface area contributed by atoms with E-state index in [4.69, 9.17) is 0 Å². The number of phenolic OH excluding ortho intramolecular Hbond substituents is 1. The molecule has 1 atom stereocenters. The van der Waals surface area contributed by atoms with Gasteiger partial charge in [0.2, 0.25) is 5.91 Å². The average molecular weight is 252 g/mol. The third-order valence-corrected chi connectivity index (χ3v) is 3.12. The van der Waals surface area contributed by atoms with Gasteiger partial charge >= 0.3 is 0 Å². The van der Waals surface area contributed by atoms with Crippen molar-refractivity contribution in [3.8, 4) is 5.75 Å². The number of amides is 1. The van der Waals surface area contributed by atoms with Crippen molar-refractivity contribution in [2.45, 2.75) is 25.9 Å². The fourth-order valence-corrected chi connectivity index (χ4v) is 2.30. The van der Waals surface area contributed by atoms with E-state index in [1.807, 2.05) is 0 Å². The molecule has 0 spiro atoms. The van der Waals surface area contributed by atoms with Crippen LogP contribution in [0.3, 0.4) is 0 Å². The molecule has 0 bridgehead atoms. The minimum Gasteiger partial charge on any atom is -0.508 e. The number of nitrogens with one attached hydrogen (secondary N) is 1. The second-order valence-electron chi connectivity index (χ2n) is 4.69. The second kappa shape index (κ2) is 5.35. The minimum atomic E-state index is -0.347. The Bertz CT molecular complexity index is 451. The van der Waals surface area contributed by atoms with Gasteiger partial charge in [0, 0.05) is 38.2 Å². The number of hydrogen-bond acceptors (Lipinski definition) is 3. The predicted octanol–water partition coefficient (Wildman–Crippen LogP) is 1.24. The zero-order valence-electron chi connectivity index (χ0n) is 10.3. The smallest absolute Gasteiger partial charge is 0.217 e. The second-order valence-corrected chi connectivity index (χ2v) is 4.69. The highest BCUT2D eigenvalue weighted by atomic mass is 19.1. The number of phenols is 1. The monoisotopic (exact) mass is 252 g/mol. The minimum absolute atomic E-state index is 0.0320. The number of aromatic hydroxyl groups is 1. The number of halogens is 1. The Morgan fingerprint density at radius 2 is 2.39 bits per heavy atom. The van der Waals surface area contributed by atoms with E-state index in [2.05, 4.69) is 10.2 Å². The summed E-state index contributed by atoms with van der Waals surface area (Å²) in [6, 6.07) is 4.11. The quantitative estimate of drug-likeness (QED) is 0.851. The van der Waals surface area contributed by atoms with Gasteiger partial charge in [-0.25, -0.2) is 4.39 Å². The Morgan fingerprint density at radius 1 is 1.61 bits per heavy atom. The Balaban J connectivity index is 1.95. The Morgan fingerprint density at radius 3 is 3.11 bits per heavy atom. The molecule has 18 heavy (non-hydrogen) atoms. The number of carbonyl (C=O) groups excluding carboxylic acids is 1. The molecule has 1 fully saturated rings. The molecule has 4 nitrogen and oxygen atoms in total. The van der Waals surface area contributed by atoms with Crippen LogP contribution in [-0.2, 0) is 11.3 Å². The molecule has 1 aromatic rings. The Hall–Kier alpha value is -1.62. The summed E-state index contributed by atoms with van der Waals surface area (Å²) >= 11 is 0. The number of benzene rings is 1. The lowest BCUT2D eigenvalue weighted by Gasteiger charge is -2.17. The maximum atomic E-state index is 13.1. The summed E-state index contributed by atoms with van der Waals surface area (Å²) in [5.41, 5.74) is 0.582. The van der Waals surface area contributed by atoms with Gasteiger partial charge in [0.05, 0.1) is 0 Å². The molecule has 0 saturated carbocycles. The molecule has 1 saturated heterocycles. The summed E-state index contributed by atoms with van der Waals surface area (Å²) in [6.45, 7) is 3.57. The molecular weight excluding hydrogens is 235 g/mol. The first-order valence-electron chi connectivity index (χ1n) is 6.01. The summed E-state index contributed by atoms with van der Waals surface area (Å²) in [6.07, 6.45) is 0.885. The van der Waals surface area contributed by atoms with Gasteiger partial charge in [0.25, 0.3) is 0 Å². The number of rotatable bonds is 3. The fraction of sp³-hybridized carbons (Fsp3) is 0.462.